The van der Waals surface area contributed by atoms with Gasteiger partial charge in [-0.15, -0.1) is 0 Å². The average molecular weight is 261 g/mol. The summed E-state index contributed by atoms with van der Waals surface area (Å²) >= 11 is 5.88. The van der Waals surface area contributed by atoms with Gasteiger partial charge in [-0.1, -0.05) is 23.7 Å². The van der Waals surface area contributed by atoms with Crippen LogP contribution in [0.5, 0.6) is 0 Å². The maximum atomic E-state index is 12.1. The van der Waals surface area contributed by atoms with Gasteiger partial charge in [0.25, 0.3) is 5.56 Å². The number of hydrogen-bond donors (Lipinski definition) is 1. The molecule has 2 N–H and O–H groups in total. The van der Waals surface area contributed by atoms with Gasteiger partial charge in [-0.3, -0.25) is 4.79 Å². The zero-order valence-electron chi connectivity index (χ0n) is 9.77. The van der Waals surface area contributed by atoms with Crippen molar-refractivity contribution in [2.45, 2.75) is 18.9 Å². The Morgan fingerprint density at radius 3 is 2.39 bits per heavy atom. The van der Waals surface area contributed by atoms with Gasteiger partial charge >= 0.3 is 0 Å². The maximum absolute atomic E-state index is 12.1. The lowest BCUT2D eigenvalue weighted by Crippen LogP contribution is -2.23. The first-order chi connectivity index (χ1) is 8.66. The van der Waals surface area contributed by atoms with Crippen LogP contribution >= 0.6 is 11.6 Å². The quantitative estimate of drug-likeness (QED) is 0.902. The molecular weight excluding hydrogens is 248 g/mol. The van der Waals surface area contributed by atoms with Gasteiger partial charge in [0.05, 0.1) is 11.4 Å². The first-order valence-electron chi connectivity index (χ1n) is 5.94. The largest absolute Gasteiger partial charge is 0.394 e. The summed E-state index contributed by atoms with van der Waals surface area (Å²) in [5.41, 5.74) is 7.82. The van der Waals surface area contributed by atoms with Crippen molar-refractivity contribution in [1.29, 1.82) is 0 Å². The van der Waals surface area contributed by atoms with E-state index in [4.69, 9.17) is 17.3 Å². The number of anilines is 1. The molecule has 0 spiro atoms. The summed E-state index contributed by atoms with van der Waals surface area (Å²) in [6, 6.07) is 11.4. The van der Waals surface area contributed by atoms with Crippen molar-refractivity contribution < 1.29 is 0 Å². The van der Waals surface area contributed by atoms with Crippen LogP contribution in [0, 0.1) is 0 Å². The topological polar surface area (TPSA) is 48.0 Å². The van der Waals surface area contributed by atoms with E-state index < -0.39 is 0 Å². The minimum Gasteiger partial charge on any atom is -0.394 e. The molecule has 0 saturated heterocycles. The predicted octanol–water partition coefficient (Wildman–Crippen LogP) is 3.09. The summed E-state index contributed by atoms with van der Waals surface area (Å²) in [5, 5.41) is 0.689. The molecule has 0 unspecified atom stereocenters. The van der Waals surface area contributed by atoms with Crippen molar-refractivity contribution >= 4 is 17.3 Å². The SMILES string of the molecule is Nc1ccc(-c2ccc(Cl)cc2)n(C2CC2)c1=O. The van der Waals surface area contributed by atoms with Crippen molar-refractivity contribution in [2.24, 2.45) is 0 Å². The molecule has 1 fully saturated rings. The van der Waals surface area contributed by atoms with Crippen LogP contribution in [-0.4, -0.2) is 4.57 Å². The second kappa shape index (κ2) is 4.18. The van der Waals surface area contributed by atoms with E-state index in [1.807, 2.05) is 30.3 Å². The smallest absolute Gasteiger partial charge is 0.274 e. The molecule has 1 heterocycles. The van der Waals surface area contributed by atoms with Crippen LogP contribution in [0.15, 0.2) is 41.2 Å². The van der Waals surface area contributed by atoms with Crippen LogP contribution in [0.1, 0.15) is 18.9 Å². The van der Waals surface area contributed by atoms with Crippen LogP contribution in [0.4, 0.5) is 5.69 Å². The number of aromatic nitrogens is 1. The Bertz CT molecular complexity index is 642. The average Bonchev–Trinajstić information content (AvgIpc) is 3.18. The van der Waals surface area contributed by atoms with Crippen LogP contribution < -0.4 is 11.3 Å². The Morgan fingerprint density at radius 1 is 1.11 bits per heavy atom. The molecule has 0 atom stereocenters. The lowest BCUT2D eigenvalue weighted by molar-refractivity contribution is 0.718. The fraction of sp³-hybridized carbons (Fsp3) is 0.214. The summed E-state index contributed by atoms with van der Waals surface area (Å²) < 4.78 is 1.80. The molecule has 0 radical (unpaired) electrons. The van der Waals surface area contributed by atoms with Crippen LogP contribution in [0.2, 0.25) is 5.02 Å². The normalized spacial score (nSPS) is 14.7. The third kappa shape index (κ3) is 1.91. The van der Waals surface area contributed by atoms with Crippen molar-refractivity contribution in [1.82, 2.24) is 4.57 Å². The molecule has 1 aromatic carbocycles. The molecule has 1 aromatic heterocycles. The van der Waals surface area contributed by atoms with E-state index >= 15 is 0 Å². The zero-order valence-corrected chi connectivity index (χ0v) is 10.5. The highest BCUT2D eigenvalue weighted by molar-refractivity contribution is 6.30. The lowest BCUT2D eigenvalue weighted by Gasteiger charge is -2.13. The van der Waals surface area contributed by atoms with E-state index in [1.165, 1.54) is 0 Å². The summed E-state index contributed by atoms with van der Waals surface area (Å²) in [4.78, 5) is 12.1. The molecule has 3 rings (SSSR count). The van der Waals surface area contributed by atoms with Gasteiger partial charge in [-0.25, -0.2) is 0 Å². The van der Waals surface area contributed by atoms with Crippen molar-refractivity contribution in [3.8, 4) is 11.3 Å². The molecule has 0 aliphatic heterocycles. The third-order valence-electron chi connectivity index (χ3n) is 3.20. The highest BCUT2D eigenvalue weighted by Crippen LogP contribution is 2.37. The standard InChI is InChI=1S/C14H13ClN2O/c15-10-3-1-9(2-4-10)13-8-7-12(16)14(18)17(13)11-5-6-11/h1-4,7-8,11H,5-6,16H2. The minimum atomic E-state index is -0.0926. The Kier molecular flexibility index (Phi) is 2.63. The number of nitrogens with zero attached hydrogens (tertiary/aromatic N) is 1. The van der Waals surface area contributed by atoms with Gasteiger partial charge in [-0.2, -0.15) is 0 Å². The predicted molar refractivity (Wildman–Crippen MR) is 73.8 cm³/mol. The number of rotatable bonds is 2. The number of halogens is 1. The molecule has 1 aliphatic carbocycles. The monoisotopic (exact) mass is 260 g/mol. The summed E-state index contributed by atoms with van der Waals surface area (Å²) in [5.74, 6) is 0. The molecule has 4 heteroatoms. The van der Waals surface area contributed by atoms with E-state index in [0.29, 0.717) is 16.8 Å². The molecule has 3 nitrogen and oxygen atoms in total. The lowest BCUT2D eigenvalue weighted by atomic mass is 10.1. The van der Waals surface area contributed by atoms with Crippen LogP contribution in [0.25, 0.3) is 11.3 Å². The molecule has 0 bridgehead atoms. The van der Waals surface area contributed by atoms with E-state index in [1.54, 1.807) is 10.6 Å². The number of benzene rings is 1. The number of nitrogen functional groups attached to an aromatic ring is 1. The van der Waals surface area contributed by atoms with Crippen molar-refractivity contribution in [3.63, 3.8) is 0 Å². The Morgan fingerprint density at radius 2 is 1.78 bits per heavy atom. The molecule has 1 saturated carbocycles. The Labute approximate surface area is 110 Å². The first-order valence-corrected chi connectivity index (χ1v) is 6.31. The first kappa shape index (κ1) is 11.4. The van der Waals surface area contributed by atoms with Gasteiger partial charge in [0.15, 0.2) is 0 Å². The fourth-order valence-electron chi connectivity index (χ4n) is 2.12. The summed E-state index contributed by atoms with van der Waals surface area (Å²) in [6.45, 7) is 0. The van der Waals surface area contributed by atoms with Crippen LogP contribution in [0.3, 0.4) is 0 Å². The number of hydrogen-bond acceptors (Lipinski definition) is 2. The molecule has 92 valence electrons. The summed E-state index contributed by atoms with van der Waals surface area (Å²) in [6.07, 6.45) is 2.09. The molecule has 1 aliphatic rings. The van der Waals surface area contributed by atoms with E-state index in [0.717, 1.165) is 24.1 Å². The van der Waals surface area contributed by atoms with E-state index in [2.05, 4.69) is 0 Å². The Balaban J connectivity index is 2.20. The molecule has 0 amide bonds. The fourth-order valence-corrected chi connectivity index (χ4v) is 2.25. The van der Waals surface area contributed by atoms with Crippen molar-refractivity contribution in [2.75, 3.05) is 5.73 Å². The third-order valence-corrected chi connectivity index (χ3v) is 3.45. The molecule has 2 aromatic rings. The number of pyridine rings is 1. The highest BCUT2D eigenvalue weighted by Gasteiger charge is 2.27. The second-order valence-corrected chi connectivity index (χ2v) is 5.02. The maximum Gasteiger partial charge on any atom is 0.274 e. The minimum absolute atomic E-state index is 0.0926. The molecule has 18 heavy (non-hydrogen) atoms. The van der Waals surface area contributed by atoms with Gasteiger partial charge in [0, 0.05) is 11.1 Å². The van der Waals surface area contributed by atoms with Gasteiger partial charge in [-0.05, 0) is 42.7 Å². The van der Waals surface area contributed by atoms with Crippen molar-refractivity contribution in [3.05, 3.63) is 51.8 Å². The zero-order chi connectivity index (χ0) is 12.7. The van der Waals surface area contributed by atoms with E-state index in [-0.39, 0.29) is 5.56 Å². The molecular formula is C14H13ClN2O. The highest BCUT2D eigenvalue weighted by atomic mass is 35.5. The second-order valence-electron chi connectivity index (χ2n) is 4.59. The van der Waals surface area contributed by atoms with Gasteiger partial charge < -0.3 is 10.3 Å². The van der Waals surface area contributed by atoms with Crippen LogP contribution in [-0.2, 0) is 0 Å². The van der Waals surface area contributed by atoms with E-state index in [9.17, 15) is 4.79 Å². The number of nitrogens with two attached hydrogens (primary N) is 1. The van der Waals surface area contributed by atoms with Gasteiger partial charge in [0.2, 0.25) is 0 Å². The van der Waals surface area contributed by atoms with Gasteiger partial charge in [0.1, 0.15) is 0 Å². The Hall–Kier alpha value is -1.74. The summed E-state index contributed by atoms with van der Waals surface area (Å²) in [7, 11) is 0.